The monoisotopic (exact) mass is 222 g/mol. The first-order valence-corrected chi connectivity index (χ1v) is 4.92. The Balaban J connectivity index is 3.17. The number of rotatable bonds is 4. The molecule has 0 spiro atoms. The zero-order valence-corrected chi connectivity index (χ0v) is 9.56. The molecule has 1 aromatic rings. The predicted octanol–water partition coefficient (Wildman–Crippen LogP) is 2.47. The summed E-state index contributed by atoms with van der Waals surface area (Å²) in [6.07, 6.45) is 0.387. The molecule has 5 heteroatoms. The number of nitroso groups, excluding NO2 is 1. The number of methoxy groups -OCH3 is 1. The first kappa shape index (κ1) is 12.2. The molecule has 0 saturated carbocycles. The summed E-state index contributed by atoms with van der Waals surface area (Å²) in [6.45, 7) is 1.77. The number of carbonyl (C=O) groups is 1. The van der Waals surface area contributed by atoms with Gasteiger partial charge in [0.1, 0.15) is 11.4 Å². The zero-order chi connectivity index (χ0) is 12.1. The summed E-state index contributed by atoms with van der Waals surface area (Å²) in [7, 11) is 3.15. The lowest BCUT2D eigenvalue weighted by atomic mass is 10.2. The number of hydrogen-bond donors (Lipinski definition) is 0. The van der Waals surface area contributed by atoms with Gasteiger partial charge < -0.3 is 9.64 Å². The van der Waals surface area contributed by atoms with Gasteiger partial charge in [0.05, 0.1) is 12.8 Å². The summed E-state index contributed by atoms with van der Waals surface area (Å²) < 4.78 is 5.12. The molecule has 16 heavy (non-hydrogen) atoms. The van der Waals surface area contributed by atoms with E-state index >= 15 is 0 Å². The highest BCUT2D eigenvalue weighted by molar-refractivity contribution is 5.94. The van der Waals surface area contributed by atoms with Gasteiger partial charge in [0.2, 0.25) is 5.91 Å². The Morgan fingerprint density at radius 1 is 1.50 bits per heavy atom. The van der Waals surface area contributed by atoms with Gasteiger partial charge in [0.15, 0.2) is 0 Å². The molecule has 0 aliphatic heterocycles. The van der Waals surface area contributed by atoms with E-state index in [2.05, 4.69) is 5.18 Å². The number of benzene rings is 1. The van der Waals surface area contributed by atoms with Gasteiger partial charge >= 0.3 is 0 Å². The average molecular weight is 222 g/mol. The van der Waals surface area contributed by atoms with E-state index in [1.54, 1.807) is 26.1 Å². The highest BCUT2D eigenvalue weighted by Crippen LogP contribution is 2.31. The van der Waals surface area contributed by atoms with Crippen molar-refractivity contribution in [2.24, 2.45) is 5.18 Å². The van der Waals surface area contributed by atoms with Crippen molar-refractivity contribution in [1.29, 1.82) is 0 Å². The van der Waals surface area contributed by atoms with E-state index in [0.717, 1.165) is 0 Å². The molecule has 0 fully saturated rings. The molecule has 0 aromatic heterocycles. The molecular weight excluding hydrogens is 208 g/mol. The van der Waals surface area contributed by atoms with Crippen LogP contribution in [0.3, 0.4) is 0 Å². The number of nitrogens with zero attached hydrogens (tertiary/aromatic N) is 2. The van der Waals surface area contributed by atoms with Gasteiger partial charge in [-0.05, 0) is 23.4 Å². The smallest absolute Gasteiger partial charge is 0.226 e. The maximum atomic E-state index is 11.5. The van der Waals surface area contributed by atoms with Crippen LogP contribution in [-0.2, 0) is 4.79 Å². The van der Waals surface area contributed by atoms with E-state index in [0.29, 0.717) is 17.9 Å². The van der Waals surface area contributed by atoms with Gasteiger partial charge in [0.25, 0.3) is 0 Å². The van der Waals surface area contributed by atoms with Crippen molar-refractivity contribution in [3.05, 3.63) is 23.1 Å². The highest BCUT2D eigenvalue weighted by Gasteiger charge is 2.14. The van der Waals surface area contributed by atoms with E-state index in [9.17, 15) is 9.70 Å². The summed E-state index contributed by atoms with van der Waals surface area (Å²) in [6, 6.07) is 4.69. The Hall–Kier alpha value is -1.91. The number of hydrogen-bond acceptors (Lipinski definition) is 4. The molecule has 0 saturated heterocycles. The molecular formula is C11H14N2O3. The van der Waals surface area contributed by atoms with Gasteiger partial charge in [-0.2, -0.15) is 0 Å². The van der Waals surface area contributed by atoms with Crippen molar-refractivity contribution >= 4 is 17.3 Å². The van der Waals surface area contributed by atoms with Crippen molar-refractivity contribution in [1.82, 2.24) is 0 Å². The minimum absolute atomic E-state index is 0.0543. The maximum absolute atomic E-state index is 11.5. The van der Waals surface area contributed by atoms with Gasteiger partial charge in [-0.1, -0.05) is 6.92 Å². The van der Waals surface area contributed by atoms with Gasteiger partial charge in [-0.3, -0.25) is 4.79 Å². The van der Waals surface area contributed by atoms with Crippen LogP contribution in [0.15, 0.2) is 23.4 Å². The molecule has 0 unspecified atom stereocenters. The lowest BCUT2D eigenvalue weighted by Gasteiger charge is -2.19. The standard InChI is InChI=1S/C11H14N2O3/c1-4-11(14)13(2)9-7-8(12-15)5-6-10(9)16-3/h5-7H,4H2,1-3H3. The molecule has 86 valence electrons. The second-order valence-corrected chi connectivity index (χ2v) is 3.25. The average Bonchev–Trinajstić information content (AvgIpc) is 2.35. The molecule has 1 aromatic carbocycles. The summed E-state index contributed by atoms with van der Waals surface area (Å²) in [5.41, 5.74) is 0.818. The van der Waals surface area contributed by atoms with Crippen molar-refractivity contribution in [2.45, 2.75) is 13.3 Å². The first-order valence-electron chi connectivity index (χ1n) is 4.92. The normalized spacial score (nSPS) is 9.69. The molecule has 5 nitrogen and oxygen atoms in total. The zero-order valence-electron chi connectivity index (χ0n) is 9.56. The summed E-state index contributed by atoms with van der Waals surface area (Å²) in [5, 5.41) is 2.83. The fourth-order valence-electron chi connectivity index (χ4n) is 1.37. The van der Waals surface area contributed by atoms with E-state index < -0.39 is 0 Å². The van der Waals surface area contributed by atoms with Crippen LogP contribution < -0.4 is 9.64 Å². The van der Waals surface area contributed by atoms with Crippen LogP contribution in [0.2, 0.25) is 0 Å². The molecule has 0 heterocycles. The van der Waals surface area contributed by atoms with E-state index in [4.69, 9.17) is 4.74 Å². The van der Waals surface area contributed by atoms with E-state index in [1.807, 2.05) is 0 Å². The van der Waals surface area contributed by atoms with Crippen LogP contribution >= 0.6 is 0 Å². The molecule has 0 radical (unpaired) electrons. The van der Waals surface area contributed by atoms with Gasteiger partial charge in [-0.15, -0.1) is 4.91 Å². The molecule has 0 bridgehead atoms. The number of carbonyl (C=O) groups excluding carboxylic acids is 1. The SMILES string of the molecule is CCC(=O)N(C)c1cc(N=O)ccc1OC. The van der Waals surface area contributed by atoms with Gasteiger partial charge in [0, 0.05) is 13.5 Å². The summed E-state index contributed by atoms with van der Waals surface area (Å²) >= 11 is 0. The third-order valence-corrected chi connectivity index (χ3v) is 2.31. The second-order valence-electron chi connectivity index (χ2n) is 3.25. The maximum Gasteiger partial charge on any atom is 0.226 e. The number of anilines is 1. The Labute approximate surface area is 94.0 Å². The third-order valence-electron chi connectivity index (χ3n) is 2.31. The number of amides is 1. The van der Waals surface area contributed by atoms with Gasteiger partial charge in [-0.25, -0.2) is 0 Å². The van der Waals surface area contributed by atoms with Crippen LogP contribution in [-0.4, -0.2) is 20.1 Å². The van der Waals surface area contributed by atoms with E-state index in [-0.39, 0.29) is 11.6 Å². The van der Waals surface area contributed by atoms with Crippen molar-refractivity contribution in [3.8, 4) is 5.75 Å². The molecule has 0 atom stereocenters. The van der Waals surface area contributed by atoms with Crippen LogP contribution in [0.5, 0.6) is 5.75 Å². The quantitative estimate of drug-likeness (QED) is 0.735. The predicted molar refractivity (Wildman–Crippen MR) is 62.2 cm³/mol. The Kier molecular flexibility index (Phi) is 3.99. The second kappa shape index (κ2) is 5.25. The first-order chi connectivity index (χ1) is 7.63. The minimum Gasteiger partial charge on any atom is -0.495 e. The molecule has 1 rings (SSSR count). The highest BCUT2D eigenvalue weighted by atomic mass is 16.5. The fourth-order valence-corrected chi connectivity index (χ4v) is 1.37. The van der Waals surface area contributed by atoms with Crippen LogP contribution in [0.4, 0.5) is 11.4 Å². The van der Waals surface area contributed by atoms with Crippen molar-refractivity contribution in [2.75, 3.05) is 19.1 Å². The minimum atomic E-state index is -0.0543. The van der Waals surface area contributed by atoms with Crippen LogP contribution in [0.25, 0.3) is 0 Å². The third kappa shape index (κ3) is 2.36. The Morgan fingerprint density at radius 2 is 2.19 bits per heavy atom. The topological polar surface area (TPSA) is 59.0 Å². The van der Waals surface area contributed by atoms with Crippen molar-refractivity contribution < 1.29 is 9.53 Å². The summed E-state index contributed by atoms with van der Waals surface area (Å²) in [4.78, 5) is 23.4. The Morgan fingerprint density at radius 3 is 2.69 bits per heavy atom. The van der Waals surface area contributed by atoms with Crippen molar-refractivity contribution in [3.63, 3.8) is 0 Å². The van der Waals surface area contributed by atoms with E-state index in [1.165, 1.54) is 18.1 Å². The molecule has 1 amide bonds. The largest absolute Gasteiger partial charge is 0.495 e. The molecule has 0 N–H and O–H groups in total. The molecule has 0 aliphatic carbocycles. The lowest BCUT2D eigenvalue weighted by molar-refractivity contribution is -0.118. The van der Waals surface area contributed by atoms with Crippen LogP contribution in [0, 0.1) is 4.91 Å². The summed E-state index contributed by atoms with van der Waals surface area (Å²) in [5.74, 6) is 0.484. The number of ether oxygens (including phenoxy) is 1. The van der Waals surface area contributed by atoms with Crippen LogP contribution in [0.1, 0.15) is 13.3 Å². The Bertz CT molecular complexity index is 404. The lowest BCUT2D eigenvalue weighted by Crippen LogP contribution is -2.25. The molecule has 0 aliphatic rings. The fraction of sp³-hybridized carbons (Fsp3) is 0.364.